The van der Waals surface area contributed by atoms with Gasteiger partial charge in [-0.15, -0.1) is 10.2 Å². The van der Waals surface area contributed by atoms with Crippen LogP contribution in [-0.4, -0.2) is 15.2 Å². The van der Waals surface area contributed by atoms with E-state index in [0.717, 1.165) is 10.0 Å². The number of halogens is 3. The molecule has 0 aliphatic heterocycles. The SMILES string of the molecule is Clc1nnc(Cl)c(OCc2ccc(Br)cc2)n1. The maximum Gasteiger partial charge on any atom is 0.257 e. The summed E-state index contributed by atoms with van der Waals surface area (Å²) in [7, 11) is 0. The van der Waals surface area contributed by atoms with Gasteiger partial charge in [-0.2, -0.15) is 4.98 Å². The summed E-state index contributed by atoms with van der Waals surface area (Å²) in [4.78, 5) is 3.83. The average Bonchev–Trinajstić information content (AvgIpc) is 2.32. The van der Waals surface area contributed by atoms with Gasteiger partial charge in [-0.05, 0) is 29.3 Å². The molecule has 0 amide bonds. The third kappa shape index (κ3) is 3.52. The Morgan fingerprint density at radius 1 is 1.12 bits per heavy atom. The summed E-state index contributed by atoms with van der Waals surface area (Å²) in [6, 6.07) is 7.69. The van der Waals surface area contributed by atoms with Crippen molar-refractivity contribution in [3.8, 4) is 5.88 Å². The first kappa shape index (κ1) is 12.5. The van der Waals surface area contributed by atoms with E-state index in [1.807, 2.05) is 24.3 Å². The first-order valence-corrected chi connectivity index (χ1v) is 6.13. The number of ether oxygens (including phenoxy) is 1. The molecule has 0 aliphatic rings. The number of hydrogen-bond donors (Lipinski definition) is 0. The third-order valence-electron chi connectivity index (χ3n) is 1.88. The van der Waals surface area contributed by atoms with E-state index in [-0.39, 0.29) is 16.3 Å². The van der Waals surface area contributed by atoms with Gasteiger partial charge in [0.1, 0.15) is 6.61 Å². The topological polar surface area (TPSA) is 47.9 Å². The molecule has 0 bridgehead atoms. The molecule has 0 fully saturated rings. The number of nitrogens with zero attached hydrogens (tertiary/aromatic N) is 3. The smallest absolute Gasteiger partial charge is 0.257 e. The minimum Gasteiger partial charge on any atom is -0.470 e. The summed E-state index contributed by atoms with van der Waals surface area (Å²) in [5.74, 6) is 0.176. The van der Waals surface area contributed by atoms with Crippen molar-refractivity contribution < 1.29 is 4.74 Å². The molecule has 17 heavy (non-hydrogen) atoms. The van der Waals surface area contributed by atoms with Crippen LogP contribution < -0.4 is 4.74 Å². The molecule has 0 spiro atoms. The van der Waals surface area contributed by atoms with Gasteiger partial charge in [-0.25, -0.2) is 0 Å². The molecule has 0 radical (unpaired) electrons. The van der Waals surface area contributed by atoms with E-state index in [0.29, 0.717) is 6.61 Å². The van der Waals surface area contributed by atoms with Crippen LogP contribution in [0.25, 0.3) is 0 Å². The highest BCUT2D eigenvalue weighted by atomic mass is 79.9. The van der Waals surface area contributed by atoms with Crippen LogP contribution >= 0.6 is 39.1 Å². The second-order valence-electron chi connectivity index (χ2n) is 3.09. The normalized spacial score (nSPS) is 10.3. The zero-order valence-electron chi connectivity index (χ0n) is 8.40. The van der Waals surface area contributed by atoms with Crippen molar-refractivity contribution in [3.63, 3.8) is 0 Å². The molecular weight excluding hydrogens is 329 g/mol. The first-order valence-electron chi connectivity index (χ1n) is 4.58. The van der Waals surface area contributed by atoms with Crippen molar-refractivity contribution in [1.82, 2.24) is 15.2 Å². The van der Waals surface area contributed by atoms with Gasteiger partial charge >= 0.3 is 0 Å². The third-order valence-corrected chi connectivity index (χ3v) is 2.81. The molecule has 88 valence electrons. The van der Waals surface area contributed by atoms with Crippen molar-refractivity contribution in [1.29, 1.82) is 0 Å². The van der Waals surface area contributed by atoms with Gasteiger partial charge in [0.05, 0.1) is 0 Å². The minimum absolute atomic E-state index is 0.000191. The zero-order chi connectivity index (χ0) is 12.3. The van der Waals surface area contributed by atoms with E-state index in [9.17, 15) is 0 Å². The lowest BCUT2D eigenvalue weighted by atomic mass is 10.2. The summed E-state index contributed by atoms with van der Waals surface area (Å²) in [6.45, 7) is 0.335. The Morgan fingerprint density at radius 2 is 1.82 bits per heavy atom. The van der Waals surface area contributed by atoms with E-state index in [4.69, 9.17) is 27.9 Å². The largest absolute Gasteiger partial charge is 0.470 e. The van der Waals surface area contributed by atoms with Crippen molar-refractivity contribution in [2.75, 3.05) is 0 Å². The van der Waals surface area contributed by atoms with Crippen molar-refractivity contribution in [2.24, 2.45) is 0 Å². The lowest BCUT2D eigenvalue weighted by molar-refractivity contribution is 0.291. The lowest BCUT2D eigenvalue weighted by Gasteiger charge is -2.05. The van der Waals surface area contributed by atoms with Crippen LogP contribution in [-0.2, 0) is 6.61 Å². The van der Waals surface area contributed by atoms with Crippen LogP contribution in [0.4, 0.5) is 0 Å². The van der Waals surface area contributed by atoms with Crippen LogP contribution in [0.1, 0.15) is 5.56 Å². The number of benzene rings is 1. The highest BCUT2D eigenvalue weighted by molar-refractivity contribution is 9.10. The Bertz CT molecular complexity index is 521. The Balaban J connectivity index is 2.07. The highest BCUT2D eigenvalue weighted by Gasteiger charge is 2.07. The lowest BCUT2D eigenvalue weighted by Crippen LogP contribution is -2.00. The maximum atomic E-state index is 5.76. The van der Waals surface area contributed by atoms with Gasteiger partial charge in [0.2, 0.25) is 10.4 Å². The second kappa shape index (κ2) is 5.62. The maximum absolute atomic E-state index is 5.76. The van der Waals surface area contributed by atoms with Gasteiger partial charge in [-0.1, -0.05) is 39.7 Å². The Morgan fingerprint density at radius 3 is 2.53 bits per heavy atom. The van der Waals surface area contributed by atoms with Gasteiger partial charge < -0.3 is 4.74 Å². The molecule has 1 heterocycles. The molecule has 0 unspecified atom stereocenters. The van der Waals surface area contributed by atoms with Gasteiger partial charge in [0, 0.05) is 4.47 Å². The van der Waals surface area contributed by atoms with E-state index in [1.165, 1.54) is 0 Å². The predicted molar refractivity (Wildman–Crippen MR) is 68.3 cm³/mol. The molecule has 0 aliphatic carbocycles. The molecule has 4 nitrogen and oxygen atoms in total. The van der Waals surface area contributed by atoms with Crippen LogP contribution in [0.5, 0.6) is 5.88 Å². The number of rotatable bonds is 3. The quantitative estimate of drug-likeness (QED) is 0.861. The van der Waals surface area contributed by atoms with E-state index >= 15 is 0 Å². The standard InChI is InChI=1S/C10H6BrCl2N3O/c11-7-3-1-6(2-4-7)5-17-9-8(12)15-16-10(13)14-9/h1-4H,5H2. The number of aromatic nitrogens is 3. The molecule has 2 aromatic rings. The molecule has 1 aromatic heterocycles. The molecule has 0 saturated heterocycles. The zero-order valence-corrected chi connectivity index (χ0v) is 11.5. The first-order chi connectivity index (χ1) is 8.15. The summed E-state index contributed by atoms with van der Waals surface area (Å²) >= 11 is 14.7. The van der Waals surface area contributed by atoms with Crippen LogP contribution in [0.2, 0.25) is 10.4 Å². The molecule has 0 N–H and O–H groups in total. The molecule has 7 heteroatoms. The molecule has 0 saturated carbocycles. The Labute approximate surface area is 116 Å². The minimum atomic E-state index is 0.000191. The summed E-state index contributed by atoms with van der Waals surface area (Å²) < 4.78 is 6.40. The van der Waals surface area contributed by atoms with E-state index in [2.05, 4.69) is 31.1 Å². The Kier molecular flexibility index (Phi) is 4.15. The fourth-order valence-corrected chi connectivity index (χ4v) is 1.62. The van der Waals surface area contributed by atoms with Crippen LogP contribution in [0, 0.1) is 0 Å². The van der Waals surface area contributed by atoms with Crippen LogP contribution in [0.15, 0.2) is 28.7 Å². The van der Waals surface area contributed by atoms with E-state index in [1.54, 1.807) is 0 Å². The molecular formula is C10H6BrCl2N3O. The average molecular weight is 335 g/mol. The summed E-state index contributed by atoms with van der Waals surface area (Å²) in [6.07, 6.45) is 0. The molecule has 1 aromatic carbocycles. The van der Waals surface area contributed by atoms with Crippen LogP contribution in [0.3, 0.4) is 0 Å². The predicted octanol–water partition coefficient (Wildman–Crippen LogP) is 3.52. The highest BCUT2D eigenvalue weighted by Crippen LogP contribution is 2.20. The fraction of sp³-hybridized carbons (Fsp3) is 0.100. The van der Waals surface area contributed by atoms with Gasteiger partial charge in [0.15, 0.2) is 0 Å². The van der Waals surface area contributed by atoms with Gasteiger partial charge in [0.25, 0.3) is 5.88 Å². The number of hydrogen-bond acceptors (Lipinski definition) is 4. The monoisotopic (exact) mass is 333 g/mol. The molecule has 0 atom stereocenters. The van der Waals surface area contributed by atoms with Crippen molar-refractivity contribution >= 4 is 39.1 Å². The molecule has 2 rings (SSSR count). The van der Waals surface area contributed by atoms with E-state index < -0.39 is 0 Å². The second-order valence-corrected chi connectivity index (χ2v) is 4.70. The van der Waals surface area contributed by atoms with Gasteiger partial charge in [-0.3, -0.25) is 0 Å². The summed E-state index contributed by atoms with van der Waals surface area (Å²) in [5, 5.41) is 7.18. The van der Waals surface area contributed by atoms with Crippen molar-refractivity contribution in [2.45, 2.75) is 6.61 Å². The van der Waals surface area contributed by atoms with Crippen molar-refractivity contribution in [3.05, 3.63) is 44.7 Å². The Hall–Kier alpha value is -0.910. The summed E-state index contributed by atoms with van der Waals surface area (Å²) in [5.41, 5.74) is 0.985. The fourth-order valence-electron chi connectivity index (χ4n) is 1.10.